The van der Waals surface area contributed by atoms with Gasteiger partial charge >= 0.3 is 0 Å². The fraction of sp³-hybridized carbons (Fsp3) is 0.250. The largest absolute Gasteiger partial charge is 0.387 e. The molecule has 0 aliphatic rings. The lowest BCUT2D eigenvalue weighted by molar-refractivity contribution is 0.0915. The summed E-state index contributed by atoms with van der Waals surface area (Å²) >= 11 is 0. The summed E-state index contributed by atoms with van der Waals surface area (Å²) in [6.07, 6.45) is 0.617. The lowest BCUT2D eigenvalue weighted by Gasteiger charge is -2.15. The van der Waals surface area contributed by atoms with E-state index in [0.29, 0.717) is 11.1 Å². The van der Waals surface area contributed by atoms with Crippen molar-refractivity contribution in [1.29, 1.82) is 0 Å². The van der Waals surface area contributed by atoms with Gasteiger partial charge in [0, 0.05) is 18.8 Å². The molecule has 2 aromatic rings. The number of H-pyrrole nitrogens is 1. The molecule has 0 radical (unpaired) electrons. The molecule has 0 aliphatic heterocycles. The molecule has 1 unspecified atom stereocenters. The highest BCUT2D eigenvalue weighted by molar-refractivity contribution is 5.95. The minimum absolute atomic E-state index is 0.113. The second-order valence-corrected chi connectivity index (χ2v) is 4.98. The maximum atomic E-state index is 12.1. The maximum absolute atomic E-state index is 12.1. The van der Waals surface area contributed by atoms with E-state index in [-0.39, 0.29) is 18.0 Å². The Hall–Kier alpha value is -2.40. The quantitative estimate of drug-likeness (QED) is 0.795. The number of hydrogen-bond donors (Lipinski definition) is 3. The van der Waals surface area contributed by atoms with Crippen molar-refractivity contribution in [3.05, 3.63) is 69.1 Å². The second kappa shape index (κ2) is 6.37. The first kappa shape index (κ1) is 15.0. The molecule has 5 heteroatoms. The molecule has 1 amide bonds. The van der Waals surface area contributed by atoms with Gasteiger partial charge in [0.25, 0.3) is 5.91 Å². The highest BCUT2D eigenvalue weighted by Crippen LogP contribution is 2.16. The number of aliphatic hydroxyl groups is 1. The van der Waals surface area contributed by atoms with Gasteiger partial charge in [-0.2, -0.15) is 0 Å². The zero-order valence-electron chi connectivity index (χ0n) is 12.0. The van der Waals surface area contributed by atoms with Crippen LogP contribution >= 0.6 is 0 Å². The molecule has 2 rings (SSSR count). The van der Waals surface area contributed by atoms with Gasteiger partial charge in [0.15, 0.2) is 0 Å². The van der Waals surface area contributed by atoms with Gasteiger partial charge in [-0.3, -0.25) is 9.59 Å². The summed E-state index contributed by atoms with van der Waals surface area (Å²) in [6, 6.07) is 8.85. The minimum Gasteiger partial charge on any atom is -0.387 e. The van der Waals surface area contributed by atoms with Gasteiger partial charge in [-0.1, -0.05) is 24.3 Å². The van der Waals surface area contributed by atoms with E-state index >= 15 is 0 Å². The molecule has 0 saturated heterocycles. The van der Waals surface area contributed by atoms with Gasteiger partial charge in [0.1, 0.15) is 0 Å². The Bertz CT molecular complexity index is 707. The normalized spacial score (nSPS) is 12.0. The predicted octanol–water partition coefficient (Wildman–Crippen LogP) is 1.46. The second-order valence-electron chi connectivity index (χ2n) is 4.98. The van der Waals surface area contributed by atoms with Crippen molar-refractivity contribution in [2.75, 3.05) is 6.54 Å². The van der Waals surface area contributed by atoms with Gasteiger partial charge in [-0.15, -0.1) is 0 Å². The lowest BCUT2D eigenvalue weighted by Crippen LogP contribution is -2.29. The highest BCUT2D eigenvalue weighted by Gasteiger charge is 2.14. The van der Waals surface area contributed by atoms with Crippen LogP contribution in [-0.2, 0) is 0 Å². The van der Waals surface area contributed by atoms with Gasteiger partial charge in [0.05, 0.1) is 11.7 Å². The van der Waals surface area contributed by atoms with Crippen LogP contribution in [0.4, 0.5) is 0 Å². The SMILES string of the molecule is Cc1cc(=O)[nH]cc1C(=O)NCC(O)c1ccccc1C. The molecule has 1 atom stereocenters. The van der Waals surface area contributed by atoms with Gasteiger partial charge in [0.2, 0.25) is 5.56 Å². The molecule has 0 bridgehead atoms. The molecule has 1 aromatic carbocycles. The molecule has 1 heterocycles. The Morgan fingerprint density at radius 2 is 2.00 bits per heavy atom. The van der Waals surface area contributed by atoms with Crippen LogP contribution in [0.5, 0.6) is 0 Å². The van der Waals surface area contributed by atoms with Crippen molar-refractivity contribution < 1.29 is 9.90 Å². The number of rotatable bonds is 4. The summed E-state index contributed by atoms with van der Waals surface area (Å²) in [5, 5.41) is 12.8. The van der Waals surface area contributed by atoms with Gasteiger partial charge < -0.3 is 15.4 Å². The summed E-state index contributed by atoms with van der Waals surface area (Å²) in [5.41, 5.74) is 2.51. The van der Waals surface area contributed by atoms with Crippen molar-refractivity contribution in [2.45, 2.75) is 20.0 Å². The number of benzene rings is 1. The summed E-state index contributed by atoms with van der Waals surface area (Å²) < 4.78 is 0. The molecular weight excluding hydrogens is 268 g/mol. The lowest BCUT2D eigenvalue weighted by atomic mass is 10.0. The van der Waals surface area contributed by atoms with Crippen molar-refractivity contribution in [2.24, 2.45) is 0 Å². The highest BCUT2D eigenvalue weighted by atomic mass is 16.3. The van der Waals surface area contributed by atoms with Crippen molar-refractivity contribution >= 4 is 5.91 Å². The van der Waals surface area contributed by atoms with Gasteiger partial charge in [-0.25, -0.2) is 0 Å². The van der Waals surface area contributed by atoms with Crippen LogP contribution in [0.1, 0.15) is 33.2 Å². The van der Waals surface area contributed by atoms with Crippen LogP contribution < -0.4 is 10.9 Å². The zero-order valence-corrected chi connectivity index (χ0v) is 12.0. The molecule has 0 fully saturated rings. The summed E-state index contributed by atoms with van der Waals surface area (Å²) in [4.78, 5) is 25.7. The maximum Gasteiger partial charge on any atom is 0.253 e. The average Bonchev–Trinajstić information content (AvgIpc) is 2.45. The number of carbonyl (C=O) groups is 1. The third-order valence-electron chi connectivity index (χ3n) is 3.38. The number of pyridine rings is 1. The van der Waals surface area contributed by atoms with E-state index in [1.54, 1.807) is 6.92 Å². The van der Waals surface area contributed by atoms with E-state index in [1.165, 1.54) is 12.3 Å². The number of aromatic nitrogens is 1. The number of aryl methyl sites for hydroxylation is 2. The third-order valence-corrected chi connectivity index (χ3v) is 3.38. The Kier molecular flexibility index (Phi) is 4.55. The zero-order chi connectivity index (χ0) is 15.4. The van der Waals surface area contributed by atoms with Crippen molar-refractivity contribution in [1.82, 2.24) is 10.3 Å². The number of carbonyl (C=O) groups excluding carboxylic acids is 1. The third kappa shape index (κ3) is 3.58. The first-order valence-electron chi connectivity index (χ1n) is 6.70. The first-order chi connectivity index (χ1) is 9.99. The first-order valence-corrected chi connectivity index (χ1v) is 6.70. The van der Waals surface area contributed by atoms with E-state index in [4.69, 9.17) is 0 Å². The number of aromatic amines is 1. The molecule has 0 saturated carbocycles. The Balaban J connectivity index is 2.04. The number of hydrogen-bond acceptors (Lipinski definition) is 3. The Morgan fingerprint density at radius 1 is 1.29 bits per heavy atom. The number of amides is 1. The van der Waals surface area contributed by atoms with Crippen LogP contribution in [-0.4, -0.2) is 22.5 Å². The molecule has 0 spiro atoms. The summed E-state index contributed by atoms with van der Waals surface area (Å²) in [7, 11) is 0. The summed E-state index contributed by atoms with van der Waals surface area (Å²) in [5.74, 6) is -0.323. The Morgan fingerprint density at radius 3 is 2.67 bits per heavy atom. The molecular formula is C16H18N2O3. The standard InChI is InChI=1S/C16H18N2O3/c1-10-5-3-4-6-12(10)14(19)9-18-16(21)13-8-17-15(20)7-11(13)2/h3-8,14,19H,9H2,1-2H3,(H,17,20)(H,18,21). The van der Waals surface area contributed by atoms with E-state index in [0.717, 1.165) is 11.1 Å². The van der Waals surface area contributed by atoms with Crippen molar-refractivity contribution in [3.63, 3.8) is 0 Å². The van der Waals surface area contributed by atoms with Gasteiger partial charge in [-0.05, 0) is 30.5 Å². The Labute approximate surface area is 122 Å². The minimum atomic E-state index is -0.766. The number of nitrogens with one attached hydrogen (secondary N) is 2. The molecule has 110 valence electrons. The smallest absolute Gasteiger partial charge is 0.253 e. The van der Waals surface area contributed by atoms with Crippen LogP contribution in [0.3, 0.4) is 0 Å². The molecule has 21 heavy (non-hydrogen) atoms. The molecule has 0 aliphatic carbocycles. The van der Waals surface area contributed by atoms with Crippen LogP contribution in [0.15, 0.2) is 41.3 Å². The van der Waals surface area contributed by atoms with Crippen molar-refractivity contribution in [3.8, 4) is 0 Å². The van der Waals surface area contributed by atoms with Crippen LogP contribution in [0.2, 0.25) is 0 Å². The average molecular weight is 286 g/mol. The number of aliphatic hydroxyl groups excluding tert-OH is 1. The summed E-state index contributed by atoms with van der Waals surface area (Å²) in [6.45, 7) is 3.72. The monoisotopic (exact) mass is 286 g/mol. The predicted molar refractivity (Wildman–Crippen MR) is 80.3 cm³/mol. The topological polar surface area (TPSA) is 82.2 Å². The van der Waals surface area contributed by atoms with E-state index in [9.17, 15) is 14.7 Å². The van der Waals surface area contributed by atoms with E-state index < -0.39 is 6.10 Å². The van der Waals surface area contributed by atoms with E-state index in [1.807, 2.05) is 31.2 Å². The van der Waals surface area contributed by atoms with Crippen LogP contribution in [0, 0.1) is 13.8 Å². The molecule has 1 aromatic heterocycles. The van der Waals surface area contributed by atoms with Crippen LogP contribution in [0.25, 0.3) is 0 Å². The molecule has 5 nitrogen and oxygen atoms in total. The fourth-order valence-electron chi connectivity index (χ4n) is 2.17. The van der Waals surface area contributed by atoms with E-state index in [2.05, 4.69) is 10.3 Å². The molecule has 3 N–H and O–H groups in total. The fourth-order valence-corrected chi connectivity index (χ4v) is 2.17.